The van der Waals surface area contributed by atoms with Gasteiger partial charge in [-0.3, -0.25) is 10.1 Å². The highest BCUT2D eigenvalue weighted by molar-refractivity contribution is 7.89. The zero-order valence-corrected chi connectivity index (χ0v) is 10.9. The molecule has 0 amide bonds. The van der Waals surface area contributed by atoms with Crippen molar-refractivity contribution in [2.45, 2.75) is 11.1 Å². The molecule has 1 aromatic carbocycles. The van der Waals surface area contributed by atoms with Gasteiger partial charge < -0.3 is 5.11 Å². The van der Waals surface area contributed by atoms with Crippen molar-refractivity contribution in [3.05, 3.63) is 27.3 Å². The first-order chi connectivity index (χ1) is 8.96. The quantitative estimate of drug-likeness (QED) is 0.644. The first kappa shape index (κ1) is 16.5. The molecule has 0 aliphatic heterocycles. The van der Waals surface area contributed by atoms with Crippen LogP contribution >= 0.6 is 11.6 Å². The third kappa shape index (κ3) is 3.71. The van der Waals surface area contributed by atoms with Gasteiger partial charge in [-0.05, 0) is 6.07 Å². The summed E-state index contributed by atoms with van der Waals surface area (Å²) in [6.45, 7) is -1.91. The fourth-order valence-corrected chi connectivity index (χ4v) is 2.83. The molecule has 0 aromatic heterocycles. The Morgan fingerprint density at radius 2 is 1.95 bits per heavy atom. The molecule has 0 unspecified atom stereocenters. The van der Waals surface area contributed by atoms with Crippen LogP contribution in [0, 0.1) is 10.1 Å². The molecule has 0 spiro atoms. The number of halogens is 4. The third-order valence-electron chi connectivity index (χ3n) is 1.99. The largest absolute Gasteiger partial charge is 0.501 e. The number of benzene rings is 1. The first-order valence-corrected chi connectivity index (χ1v) is 6.54. The molecule has 12 heteroatoms. The molecule has 0 saturated heterocycles. The molecule has 0 aliphatic carbocycles. The average molecular weight is 335 g/mol. The van der Waals surface area contributed by atoms with E-state index in [9.17, 15) is 36.8 Å². The van der Waals surface area contributed by atoms with Crippen LogP contribution in [0.3, 0.4) is 0 Å². The number of nitrogens with zero attached hydrogens (tertiary/aromatic N) is 1. The number of rotatable bonds is 4. The van der Waals surface area contributed by atoms with Crippen molar-refractivity contribution in [2.75, 3.05) is 6.54 Å². The Morgan fingerprint density at radius 1 is 1.40 bits per heavy atom. The fraction of sp³-hybridized carbons (Fsp3) is 0.250. The van der Waals surface area contributed by atoms with E-state index in [0.717, 1.165) is 16.9 Å². The van der Waals surface area contributed by atoms with Crippen LogP contribution in [0.15, 0.2) is 17.0 Å². The van der Waals surface area contributed by atoms with E-state index < -0.39 is 49.0 Å². The van der Waals surface area contributed by atoms with E-state index >= 15 is 0 Å². The number of aromatic hydroxyl groups is 1. The summed E-state index contributed by atoms with van der Waals surface area (Å²) in [5.74, 6) is -1.34. The van der Waals surface area contributed by atoms with Crippen molar-refractivity contribution in [3.8, 4) is 5.75 Å². The summed E-state index contributed by atoms with van der Waals surface area (Å²) in [5, 5.41) is 19.4. The minimum Gasteiger partial charge on any atom is -0.501 e. The number of alkyl halides is 3. The highest BCUT2D eigenvalue weighted by Gasteiger charge is 2.34. The summed E-state index contributed by atoms with van der Waals surface area (Å²) < 4.78 is 60.3. The number of hydrogen-bond acceptors (Lipinski definition) is 5. The molecule has 0 bridgehead atoms. The average Bonchev–Trinajstić information content (AvgIpc) is 2.25. The van der Waals surface area contributed by atoms with Gasteiger partial charge in [-0.15, -0.1) is 0 Å². The highest BCUT2D eigenvalue weighted by atomic mass is 35.5. The number of nitro benzene ring substituents is 1. The fourth-order valence-electron chi connectivity index (χ4n) is 1.19. The van der Waals surface area contributed by atoms with Gasteiger partial charge in [-0.2, -0.15) is 13.2 Å². The summed E-state index contributed by atoms with van der Waals surface area (Å²) in [6.07, 6.45) is -4.84. The maximum absolute atomic E-state index is 12.0. The van der Waals surface area contributed by atoms with E-state index in [0.29, 0.717) is 0 Å². The van der Waals surface area contributed by atoms with Gasteiger partial charge >= 0.3 is 11.9 Å². The van der Waals surface area contributed by atoms with E-state index in [1.807, 2.05) is 0 Å². The predicted molar refractivity (Wildman–Crippen MR) is 61.0 cm³/mol. The second kappa shape index (κ2) is 5.42. The molecule has 0 heterocycles. The lowest BCUT2D eigenvalue weighted by Gasteiger charge is -2.11. The van der Waals surface area contributed by atoms with Gasteiger partial charge in [0.1, 0.15) is 11.4 Å². The van der Waals surface area contributed by atoms with E-state index in [4.69, 9.17) is 11.6 Å². The number of phenols is 1. The molecule has 0 fully saturated rings. The number of sulfonamides is 1. The zero-order chi connectivity index (χ0) is 15.7. The summed E-state index contributed by atoms with van der Waals surface area (Å²) in [5.41, 5.74) is -0.998. The minimum absolute atomic E-state index is 0.650. The lowest BCUT2D eigenvalue weighted by molar-refractivity contribution is -0.386. The van der Waals surface area contributed by atoms with Crippen molar-refractivity contribution in [3.63, 3.8) is 0 Å². The SMILES string of the molecule is O=[N+]([O-])c1ccc(Cl)c(S(=O)(=O)NCC(F)(F)F)c1O. The second-order valence-electron chi connectivity index (χ2n) is 3.44. The molecule has 0 saturated carbocycles. The van der Waals surface area contributed by atoms with Gasteiger partial charge in [-0.1, -0.05) is 11.6 Å². The molecule has 1 aromatic rings. The molecule has 0 radical (unpaired) electrons. The summed E-state index contributed by atoms with van der Waals surface area (Å²) in [7, 11) is -4.87. The van der Waals surface area contributed by atoms with Gasteiger partial charge in [0.25, 0.3) is 0 Å². The van der Waals surface area contributed by atoms with E-state index in [1.165, 1.54) is 0 Å². The van der Waals surface area contributed by atoms with E-state index in [1.54, 1.807) is 0 Å². The lowest BCUT2D eigenvalue weighted by Crippen LogP contribution is -2.34. The van der Waals surface area contributed by atoms with Crippen molar-refractivity contribution >= 4 is 27.3 Å². The molecule has 2 N–H and O–H groups in total. The van der Waals surface area contributed by atoms with Crippen LogP contribution in [0.1, 0.15) is 0 Å². The Bertz CT molecular complexity index is 646. The van der Waals surface area contributed by atoms with Crippen molar-refractivity contribution in [2.24, 2.45) is 0 Å². The number of nitrogens with one attached hydrogen (secondary N) is 1. The van der Waals surface area contributed by atoms with Crippen LogP contribution in [0.5, 0.6) is 5.75 Å². The predicted octanol–water partition coefficient (Wildman–Crippen LogP) is 1.79. The molecular formula is C8H6ClF3N2O5S. The molecule has 20 heavy (non-hydrogen) atoms. The van der Waals surface area contributed by atoms with Crippen LogP contribution in [0.4, 0.5) is 18.9 Å². The van der Waals surface area contributed by atoms with E-state index in [2.05, 4.69) is 0 Å². The van der Waals surface area contributed by atoms with E-state index in [-0.39, 0.29) is 0 Å². The molecule has 0 atom stereocenters. The summed E-state index contributed by atoms with van der Waals surface area (Å²) in [4.78, 5) is 8.25. The highest BCUT2D eigenvalue weighted by Crippen LogP contribution is 2.37. The molecule has 0 aliphatic rings. The Labute approximate surface area is 115 Å². The standard InChI is InChI=1S/C8H6ClF3N2O5S/c9-4-1-2-5(14(16)17)6(15)7(4)20(18,19)13-3-8(10,11)12/h1-2,13,15H,3H2. The van der Waals surface area contributed by atoms with Gasteiger partial charge in [0, 0.05) is 6.07 Å². The smallest absolute Gasteiger partial charge is 0.402 e. The Balaban J connectivity index is 3.31. The first-order valence-electron chi connectivity index (χ1n) is 4.68. The maximum Gasteiger partial charge on any atom is 0.402 e. The lowest BCUT2D eigenvalue weighted by atomic mass is 10.3. The zero-order valence-electron chi connectivity index (χ0n) is 9.31. The van der Waals surface area contributed by atoms with Crippen LogP contribution in [-0.4, -0.2) is 31.2 Å². The van der Waals surface area contributed by atoms with Crippen LogP contribution < -0.4 is 4.72 Å². The topological polar surface area (TPSA) is 110 Å². The molecule has 7 nitrogen and oxygen atoms in total. The summed E-state index contributed by atoms with van der Waals surface area (Å²) >= 11 is 5.46. The minimum atomic E-state index is -4.87. The van der Waals surface area contributed by atoms with Gasteiger partial charge in [0.2, 0.25) is 15.8 Å². The number of phenolic OH excluding ortho intramolecular Hbond substituents is 1. The maximum atomic E-state index is 12.0. The van der Waals surface area contributed by atoms with Crippen molar-refractivity contribution in [1.29, 1.82) is 0 Å². The Morgan fingerprint density at radius 3 is 2.40 bits per heavy atom. The molecular weight excluding hydrogens is 329 g/mol. The molecule has 1 rings (SSSR count). The molecule has 112 valence electrons. The van der Waals surface area contributed by atoms with Crippen molar-refractivity contribution < 1.29 is 31.6 Å². The van der Waals surface area contributed by atoms with Gasteiger partial charge in [-0.25, -0.2) is 13.1 Å². The van der Waals surface area contributed by atoms with Gasteiger partial charge in [0.05, 0.1) is 9.95 Å². The normalized spacial score (nSPS) is 12.4. The van der Waals surface area contributed by atoms with Crippen LogP contribution in [-0.2, 0) is 10.0 Å². The van der Waals surface area contributed by atoms with Gasteiger partial charge in [0.15, 0.2) is 0 Å². The van der Waals surface area contributed by atoms with Crippen molar-refractivity contribution in [1.82, 2.24) is 4.72 Å². The Kier molecular flexibility index (Phi) is 4.46. The second-order valence-corrected chi connectivity index (χ2v) is 5.55. The summed E-state index contributed by atoms with van der Waals surface area (Å²) in [6, 6.07) is 1.50. The number of nitro groups is 1. The van der Waals surface area contributed by atoms with Crippen LogP contribution in [0.25, 0.3) is 0 Å². The third-order valence-corrected chi connectivity index (χ3v) is 3.89. The Hall–Kier alpha value is -1.59. The number of hydrogen-bond donors (Lipinski definition) is 2. The monoisotopic (exact) mass is 334 g/mol. The van der Waals surface area contributed by atoms with Crippen LogP contribution in [0.2, 0.25) is 5.02 Å².